The maximum Gasteiger partial charge on any atom is 0.247 e. The van der Waals surface area contributed by atoms with Crippen molar-refractivity contribution in [2.24, 2.45) is 0 Å². The van der Waals surface area contributed by atoms with Gasteiger partial charge in [-0.2, -0.15) is 20.0 Å². The van der Waals surface area contributed by atoms with E-state index < -0.39 is 0 Å². The number of fused-ring (bicyclic) bond motifs is 1. The molecule has 0 amide bonds. The monoisotopic (exact) mass is 478 g/mol. The minimum atomic E-state index is 0.238. The Kier molecular flexibility index (Phi) is 6.07. The summed E-state index contributed by atoms with van der Waals surface area (Å²) in [6.45, 7) is 2.92. The molecule has 34 heavy (non-hydrogen) atoms. The van der Waals surface area contributed by atoms with Gasteiger partial charge in [0.2, 0.25) is 5.95 Å². The Labute approximate surface area is 201 Å². The Morgan fingerprint density at radius 1 is 1.24 bits per heavy atom. The molecule has 0 unspecified atom stereocenters. The van der Waals surface area contributed by atoms with E-state index in [0.29, 0.717) is 57.7 Å². The molecule has 0 bridgehead atoms. The van der Waals surface area contributed by atoms with Crippen molar-refractivity contribution in [1.29, 1.82) is 10.5 Å². The van der Waals surface area contributed by atoms with E-state index in [1.807, 2.05) is 11.9 Å². The summed E-state index contributed by atoms with van der Waals surface area (Å²) < 4.78 is 6.64. The van der Waals surface area contributed by atoms with Crippen LogP contribution in [0.1, 0.15) is 24.1 Å². The Morgan fingerprint density at radius 3 is 2.74 bits per heavy atom. The maximum absolute atomic E-state index is 9.59. The Bertz CT molecular complexity index is 1300. The molecule has 3 heterocycles. The van der Waals surface area contributed by atoms with E-state index in [-0.39, 0.29) is 5.95 Å². The predicted octanol–water partition coefficient (Wildman–Crippen LogP) is 2.26. The van der Waals surface area contributed by atoms with Gasteiger partial charge >= 0.3 is 0 Å². The molecule has 2 aromatic heterocycles. The number of benzene rings is 1. The largest absolute Gasteiger partial charge is 0.378 e. The summed E-state index contributed by atoms with van der Waals surface area (Å²) in [6.07, 6.45) is 3.57. The lowest BCUT2D eigenvalue weighted by atomic mass is 10.1. The second-order valence-corrected chi connectivity index (χ2v) is 8.78. The zero-order valence-electron chi connectivity index (χ0n) is 18.5. The number of nitriles is 2. The second-order valence-electron chi connectivity index (χ2n) is 8.40. The van der Waals surface area contributed by atoms with Gasteiger partial charge in [0.25, 0.3) is 0 Å². The summed E-state index contributed by atoms with van der Waals surface area (Å²) in [4.78, 5) is 10.9. The van der Waals surface area contributed by atoms with Crippen LogP contribution in [0.25, 0.3) is 5.65 Å². The molecule has 11 nitrogen and oxygen atoms in total. The molecule has 1 aromatic carbocycles. The number of rotatable bonds is 9. The fourth-order valence-electron chi connectivity index (χ4n) is 3.60. The molecule has 2 aliphatic rings. The van der Waals surface area contributed by atoms with E-state index >= 15 is 0 Å². The first kappa shape index (κ1) is 22.2. The molecular formula is C22H23ClN10O. The fourth-order valence-corrected chi connectivity index (χ4v) is 3.90. The molecule has 1 saturated heterocycles. The van der Waals surface area contributed by atoms with Crippen molar-refractivity contribution in [3.8, 4) is 12.1 Å². The normalized spacial score (nSPS) is 15.4. The molecule has 1 aliphatic carbocycles. The van der Waals surface area contributed by atoms with E-state index in [4.69, 9.17) is 16.3 Å². The first-order valence-corrected chi connectivity index (χ1v) is 11.4. The van der Waals surface area contributed by atoms with Crippen LogP contribution in [-0.4, -0.2) is 65.0 Å². The molecular weight excluding hydrogens is 456 g/mol. The zero-order chi connectivity index (χ0) is 23.7. The number of ether oxygens (including phenoxy) is 1. The van der Waals surface area contributed by atoms with Gasteiger partial charge in [-0.3, -0.25) is 0 Å². The molecule has 5 rings (SSSR count). The topological polar surface area (TPSA) is 139 Å². The minimum absolute atomic E-state index is 0.238. The summed E-state index contributed by atoms with van der Waals surface area (Å²) in [5.41, 5.74) is 2.44. The summed E-state index contributed by atoms with van der Waals surface area (Å²) in [5.74, 6) is 0.778. The van der Waals surface area contributed by atoms with Crippen molar-refractivity contribution in [3.63, 3.8) is 0 Å². The number of nitrogens with zero attached hydrogens (tertiary/aromatic N) is 7. The first-order valence-electron chi connectivity index (χ1n) is 11.0. The smallest absolute Gasteiger partial charge is 0.247 e. The van der Waals surface area contributed by atoms with Crippen LogP contribution in [0.2, 0.25) is 5.02 Å². The Morgan fingerprint density at radius 2 is 2.06 bits per heavy atom. The number of nitrogens with one attached hydrogen (secondary N) is 3. The van der Waals surface area contributed by atoms with Crippen molar-refractivity contribution < 1.29 is 4.74 Å². The van der Waals surface area contributed by atoms with Gasteiger partial charge in [-0.05, 0) is 25.0 Å². The lowest BCUT2D eigenvalue weighted by Crippen LogP contribution is -2.48. The molecule has 0 atom stereocenters. The lowest BCUT2D eigenvalue weighted by Gasteiger charge is -2.29. The minimum Gasteiger partial charge on any atom is -0.378 e. The highest BCUT2D eigenvalue weighted by Crippen LogP contribution is 2.35. The molecule has 3 aromatic rings. The summed E-state index contributed by atoms with van der Waals surface area (Å²) >= 11 is 6.76. The SMILES string of the molecule is CN(CCNC1COC1)c1cc(C#N)cc(Nc2nc(NC3CC3)c3ncc(C#N)n3n2)c1Cl. The number of hydrogen-bond acceptors (Lipinski definition) is 10. The molecule has 2 fully saturated rings. The van der Waals surface area contributed by atoms with E-state index in [0.717, 1.165) is 32.6 Å². The van der Waals surface area contributed by atoms with Crippen LogP contribution in [0.15, 0.2) is 18.3 Å². The molecule has 1 aliphatic heterocycles. The lowest BCUT2D eigenvalue weighted by molar-refractivity contribution is -0.00446. The maximum atomic E-state index is 9.59. The number of halogens is 1. The van der Waals surface area contributed by atoms with Gasteiger partial charge in [0, 0.05) is 26.2 Å². The molecule has 1 saturated carbocycles. The number of likely N-dealkylation sites (N-methyl/N-ethyl adjacent to an activating group) is 1. The van der Waals surface area contributed by atoms with Gasteiger partial charge < -0.3 is 25.6 Å². The fraction of sp³-hybridized carbons (Fsp3) is 0.409. The quantitative estimate of drug-likeness (QED) is 0.419. The molecule has 0 radical (unpaired) electrons. The highest BCUT2D eigenvalue weighted by atomic mass is 35.5. The first-order chi connectivity index (χ1) is 16.6. The van der Waals surface area contributed by atoms with E-state index in [2.05, 4.69) is 43.2 Å². The molecule has 174 valence electrons. The van der Waals surface area contributed by atoms with E-state index in [1.165, 1.54) is 10.7 Å². The van der Waals surface area contributed by atoms with Gasteiger partial charge in [0.05, 0.1) is 53.5 Å². The summed E-state index contributed by atoms with van der Waals surface area (Å²) in [6, 6.07) is 8.42. The average molecular weight is 479 g/mol. The van der Waals surface area contributed by atoms with Crippen molar-refractivity contribution >= 4 is 40.4 Å². The zero-order valence-corrected chi connectivity index (χ0v) is 19.3. The van der Waals surface area contributed by atoms with Crippen LogP contribution in [-0.2, 0) is 4.74 Å². The van der Waals surface area contributed by atoms with Crippen LogP contribution in [0.4, 0.5) is 23.1 Å². The molecule has 12 heteroatoms. The van der Waals surface area contributed by atoms with Gasteiger partial charge in [0.1, 0.15) is 6.07 Å². The third kappa shape index (κ3) is 4.54. The number of imidazole rings is 1. The summed E-state index contributed by atoms with van der Waals surface area (Å²) in [5, 5.41) is 33.8. The van der Waals surface area contributed by atoms with Gasteiger partial charge in [0.15, 0.2) is 17.2 Å². The van der Waals surface area contributed by atoms with Crippen molar-refractivity contribution in [3.05, 3.63) is 34.6 Å². The predicted molar refractivity (Wildman–Crippen MR) is 127 cm³/mol. The molecule has 3 N–H and O–H groups in total. The standard InChI is InChI=1S/C22H23ClN10O/c1-32(5-4-26-15-11-34-12-15)18-7-13(8-24)6-17(19(18)23)29-22-30-20(28-14-2-3-14)21-27-10-16(9-25)33(21)31-22/h6-7,10,14-15,26H,2-5,11-12H2,1H3,(H2,28,29,30,31). The van der Waals surface area contributed by atoms with Crippen molar-refractivity contribution in [1.82, 2.24) is 24.9 Å². The summed E-state index contributed by atoms with van der Waals surface area (Å²) in [7, 11) is 1.93. The number of aromatic nitrogens is 4. The van der Waals surface area contributed by atoms with Crippen LogP contribution < -0.4 is 20.9 Å². The van der Waals surface area contributed by atoms with Crippen LogP contribution in [0.5, 0.6) is 0 Å². The third-order valence-corrected chi connectivity index (χ3v) is 6.15. The Hall–Kier alpha value is -3.64. The highest BCUT2D eigenvalue weighted by molar-refractivity contribution is 6.36. The third-order valence-electron chi connectivity index (χ3n) is 5.75. The average Bonchev–Trinajstić information content (AvgIpc) is 3.52. The number of hydrogen-bond donors (Lipinski definition) is 3. The highest BCUT2D eigenvalue weighted by Gasteiger charge is 2.24. The molecule has 0 spiro atoms. The van der Waals surface area contributed by atoms with Crippen molar-refractivity contribution in [2.75, 3.05) is 48.9 Å². The van der Waals surface area contributed by atoms with Crippen LogP contribution >= 0.6 is 11.6 Å². The van der Waals surface area contributed by atoms with Gasteiger partial charge in [-0.1, -0.05) is 11.6 Å². The van der Waals surface area contributed by atoms with Gasteiger partial charge in [-0.25, -0.2) is 4.98 Å². The van der Waals surface area contributed by atoms with Crippen molar-refractivity contribution in [2.45, 2.75) is 24.9 Å². The Balaban J connectivity index is 1.43. The number of anilines is 4. The van der Waals surface area contributed by atoms with Crippen LogP contribution in [0.3, 0.4) is 0 Å². The van der Waals surface area contributed by atoms with Gasteiger partial charge in [-0.15, -0.1) is 5.10 Å². The van der Waals surface area contributed by atoms with E-state index in [9.17, 15) is 10.5 Å². The van der Waals surface area contributed by atoms with Crippen LogP contribution in [0, 0.1) is 22.7 Å². The second kappa shape index (κ2) is 9.31. The van der Waals surface area contributed by atoms with E-state index in [1.54, 1.807) is 12.1 Å².